The summed E-state index contributed by atoms with van der Waals surface area (Å²) in [5, 5.41) is 6.78. The highest BCUT2D eigenvalue weighted by Crippen LogP contribution is 2.21. The summed E-state index contributed by atoms with van der Waals surface area (Å²) < 4.78 is 5.84. The molecule has 31 heavy (non-hydrogen) atoms. The van der Waals surface area contributed by atoms with Gasteiger partial charge in [-0.25, -0.2) is 4.99 Å². The minimum atomic E-state index is 0. The van der Waals surface area contributed by atoms with Crippen LogP contribution >= 0.6 is 24.0 Å². The summed E-state index contributed by atoms with van der Waals surface area (Å²) in [4.78, 5) is 18.9. The van der Waals surface area contributed by atoms with E-state index in [4.69, 9.17) is 9.73 Å². The maximum Gasteiger partial charge on any atom is 0.225 e. The minimum absolute atomic E-state index is 0. The number of carbonyl (C=O) groups is 1. The van der Waals surface area contributed by atoms with Gasteiger partial charge in [-0.15, -0.1) is 24.0 Å². The quantitative estimate of drug-likeness (QED) is 0.313. The first-order chi connectivity index (χ1) is 14.5. The smallest absolute Gasteiger partial charge is 0.225 e. The molecule has 7 heteroatoms. The lowest BCUT2D eigenvalue weighted by Crippen LogP contribution is -2.45. The highest BCUT2D eigenvalue weighted by atomic mass is 127. The van der Waals surface area contributed by atoms with Gasteiger partial charge in [0, 0.05) is 31.6 Å². The number of hydrogen-bond donors (Lipinski definition) is 2. The van der Waals surface area contributed by atoms with Crippen LogP contribution in [0.5, 0.6) is 11.5 Å². The van der Waals surface area contributed by atoms with Gasteiger partial charge in [0.25, 0.3) is 0 Å². The summed E-state index contributed by atoms with van der Waals surface area (Å²) >= 11 is 0. The molecule has 0 aromatic heterocycles. The summed E-state index contributed by atoms with van der Waals surface area (Å²) in [6.45, 7) is 8.84. The molecule has 168 valence electrons. The van der Waals surface area contributed by atoms with Crippen molar-refractivity contribution < 1.29 is 9.53 Å². The van der Waals surface area contributed by atoms with E-state index < -0.39 is 0 Å². The van der Waals surface area contributed by atoms with Crippen LogP contribution in [0.3, 0.4) is 0 Å². The molecule has 0 spiro atoms. The van der Waals surface area contributed by atoms with Crippen LogP contribution in [0.4, 0.5) is 0 Å². The Morgan fingerprint density at radius 2 is 1.81 bits per heavy atom. The number of carbonyl (C=O) groups excluding carboxylic acids is 1. The molecule has 1 fully saturated rings. The van der Waals surface area contributed by atoms with Crippen molar-refractivity contribution in [1.82, 2.24) is 15.5 Å². The number of para-hydroxylation sites is 1. The summed E-state index contributed by atoms with van der Waals surface area (Å²) in [7, 11) is 0. The number of likely N-dealkylation sites (tertiary alicyclic amines) is 1. The molecule has 0 saturated carbocycles. The molecular formula is C24H33IN4O2. The zero-order valence-corrected chi connectivity index (χ0v) is 20.8. The molecule has 1 aliphatic rings. The largest absolute Gasteiger partial charge is 0.457 e. The maximum atomic E-state index is 12.2. The minimum Gasteiger partial charge on any atom is -0.457 e. The summed E-state index contributed by atoms with van der Waals surface area (Å²) in [5.41, 5.74) is 1.11. The second kappa shape index (κ2) is 12.5. The van der Waals surface area contributed by atoms with Gasteiger partial charge in [0.15, 0.2) is 5.96 Å². The molecule has 3 rings (SSSR count). The lowest BCUT2D eigenvalue weighted by atomic mass is 10.2. The van der Waals surface area contributed by atoms with E-state index in [1.54, 1.807) is 0 Å². The molecule has 1 aliphatic heterocycles. The fraction of sp³-hybridized carbons (Fsp3) is 0.417. The van der Waals surface area contributed by atoms with Gasteiger partial charge < -0.3 is 20.3 Å². The Morgan fingerprint density at radius 1 is 1.13 bits per heavy atom. The zero-order chi connectivity index (χ0) is 21.3. The van der Waals surface area contributed by atoms with Crippen molar-refractivity contribution in [2.45, 2.75) is 39.8 Å². The number of guanidine groups is 1. The molecule has 1 saturated heterocycles. The van der Waals surface area contributed by atoms with E-state index in [-0.39, 0.29) is 41.8 Å². The molecule has 1 unspecified atom stereocenters. The van der Waals surface area contributed by atoms with Gasteiger partial charge in [-0.1, -0.05) is 44.2 Å². The van der Waals surface area contributed by atoms with Gasteiger partial charge in [0.1, 0.15) is 11.5 Å². The third kappa shape index (κ3) is 7.72. The number of nitrogens with zero attached hydrogens (tertiary/aromatic N) is 2. The normalized spacial score (nSPS) is 16.1. The van der Waals surface area contributed by atoms with E-state index in [0.29, 0.717) is 6.54 Å². The second-order valence-corrected chi connectivity index (χ2v) is 7.82. The highest BCUT2D eigenvalue weighted by molar-refractivity contribution is 14.0. The Labute approximate surface area is 202 Å². The van der Waals surface area contributed by atoms with Crippen molar-refractivity contribution >= 4 is 35.8 Å². The number of rotatable bonds is 7. The summed E-state index contributed by atoms with van der Waals surface area (Å²) in [6.07, 6.45) is 0.939. The molecule has 1 heterocycles. The van der Waals surface area contributed by atoms with Gasteiger partial charge in [-0.05, 0) is 43.2 Å². The van der Waals surface area contributed by atoms with E-state index in [1.165, 1.54) is 0 Å². The van der Waals surface area contributed by atoms with Crippen LogP contribution in [0, 0.1) is 5.92 Å². The molecule has 0 bridgehead atoms. The van der Waals surface area contributed by atoms with Crippen LogP contribution in [-0.4, -0.2) is 42.4 Å². The number of aliphatic imine (C=N–C) groups is 1. The molecule has 2 N–H and O–H groups in total. The third-order valence-electron chi connectivity index (χ3n) is 5.00. The first kappa shape index (κ1) is 25.0. The maximum absolute atomic E-state index is 12.2. The molecule has 1 amide bonds. The monoisotopic (exact) mass is 536 g/mol. The van der Waals surface area contributed by atoms with Crippen molar-refractivity contribution in [1.29, 1.82) is 0 Å². The molecule has 1 atom stereocenters. The average molecular weight is 536 g/mol. The number of benzene rings is 2. The fourth-order valence-corrected chi connectivity index (χ4v) is 3.41. The van der Waals surface area contributed by atoms with E-state index in [0.717, 1.165) is 49.1 Å². The number of ether oxygens (including phenoxy) is 1. The van der Waals surface area contributed by atoms with Gasteiger partial charge >= 0.3 is 0 Å². The average Bonchev–Trinajstić information content (AvgIpc) is 3.22. The number of nitrogens with one attached hydrogen (secondary N) is 2. The number of hydrogen-bond acceptors (Lipinski definition) is 3. The first-order valence-electron chi connectivity index (χ1n) is 10.7. The van der Waals surface area contributed by atoms with Crippen molar-refractivity contribution in [3.8, 4) is 11.5 Å². The van der Waals surface area contributed by atoms with Crippen LogP contribution < -0.4 is 15.4 Å². The van der Waals surface area contributed by atoms with Crippen LogP contribution in [0.2, 0.25) is 0 Å². The Kier molecular flexibility index (Phi) is 10.1. The molecule has 0 radical (unpaired) electrons. The van der Waals surface area contributed by atoms with Crippen LogP contribution in [0.25, 0.3) is 0 Å². The standard InChI is InChI=1S/C24H32N4O2.HI/c1-4-25-24(27-20-14-15-28(17-20)23(29)18(2)3)26-16-19-10-12-22(13-11-19)30-21-8-6-5-7-9-21;/h5-13,18,20H,4,14-17H2,1-3H3,(H2,25,26,27);1H. The van der Waals surface area contributed by atoms with Crippen LogP contribution in [0.1, 0.15) is 32.8 Å². The van der Waals surface area contributed by atoms with Gasteiger partial charge in [-0.3, -0.25) is 4.79 Å². The predicted octanol–water partition coefficient (Wildman–Crippen LogP) is 4.41. The lowest BCUT2D eigenvalue weighted by Gasteiger charge is -2.20. The van der Waals surface area contributed by atoms with Crippen molar-refractivity contribution in [3.05, 3.63) is 60.2 Å². The summed E-state index contributed by atoms with van der Waals surface area (Å²) in [5.74, 6) is 2.67. The van der Waals surface area contributed by atoms with Crippen LogP contribution in [-0.2, 0) is 11.3 Å². The Balaban J connectivity index is 0.00000341. The molecule has 6 nitrogen and oxygen atoms in total. The molecule has 2 aromatic rings. The Hall–Kier alpha value is -2.29. The van der Waals surface area contributed by atoms with Gasteiger partial charge in [0.05, 0.1) is 6.54 Å². The van der Waals surface area contributed by atoms with E-state index in [2.05, 4.69) is 17.6 Å². The number of halogens is 1. The van der Waals surface area contributed by atoms with E-state index in [9.17, 15) is 4.79 Å². The Morgan fingerprint density at radius 3 is 2.45 bits per heavy atom. The lowest BCUT2D eigenvalue weighted by molar-refractivity contribution is -0.133. The second-order valence-electron chi connectivity index (χ2n) is 7.82. The van der Waals surface area contributed by atoms with Gasteiger partial charge in [0.2, 0.25) is 5.91 Å². The SMILES string of the molecule is CCNC(=NCc1ccc(Oc2ccccc2)cc1)NC1CCN(C(=O)C(C)C)C1.I. The van der Waals surface area contributed by atoms with E-state index in [1.807, 2.05) is 73.3 Å². The van der Waals surface area contributed by atoms with Crippen molar-refractivity contribution in [3.63, 3.8) is 0 Å². The topological polar surface area (TPSA) is 66.0 Å². The van der Waals surface area contributed by atoms with Crippen LogP contribution in [0.15, 0.2) is 59.6 Å². The Bertz CT molecular complexity index is 840. The molecular weight excluding hydrogens is 503 g/mol. The molecule has 2 aromatic carbocycles. The highest BCUT2D eigenvalue weighted by Gasteiger charge is 2.27. The first-order valence-corrected chi connectivity index (χ1v) is 10.7. The molecule has 0 aliphatic carbocycles. The number of amides is 1. The van der Waals surface area contributed by atoms with Crippen molar-refractivity contribution in [2.24, 2.45) is 10.9 Å². The van der Waals surface area contributed by atoms with Crippen molar-refractivity contribution in [2.75, 3.05) is 19.6 Å². The third-order valence-corrected chi connectivity index (χ3v) is 5.00. The predicted molar refractivity (Wildman–Crippen MR) is 136 cm³/mol. The summed E-state index contributed by atoms with van der Waals surface area (Å²) in [6, 6.07) is 18.0. The van der Waals surface area contributed by atoms with E-state index >= 15 is 0 Å². The van der Waals surface area contributed by atoms with Gasteiger partial charge in [-0.2, -0.15) is 0 Å². The fourth-order valence-electron chi connectivity index (χ4n) is 3.41. The zero-order valence-electron chi connectivity index (χ0n) is 18.5.